The van der Waals surface area contributed by atoms with E-state index in [0.717, 1.165) is 18.7 Å². The van der Waals surface area contributed by atoms with Crippen molar-refractivity contribution in [2.24, 2.45) is 7.05 Å². The molecule has 2 aromatic rings. The SMILES string of the molecule is CCCn1c(-c2cc(C)nn(C)c2=O)n[nH]c1=S. The molecule has 0 radical (unpaired) electrons. The molecule has 0 spiro atoms. The number of H-pyrrole nitrogens is 1. The monoisotopic (exact) mass is 265 g/mol. The number of aromatic nitrogens is 5. The highest BCUT2D eigenvalue weighted by atomic mass is 32.1. The molecule has 0 fully saturated rings. The minimum atomic E-state index is -0.174. The second-order valence-corrected chi connectivity index (χ2v) is 4.52. The maximum Gasteiger partial charge on any atom is 0.277 e. The molecule has 2 aromatic heterocycles. The minimum Gasteiger partial charge on any atom is -0.300 e. The lowest BCUT2D eigenvalue weighted by Gasteiger charge is -2.06. The van der Waals surface area contributed by atoms with E-state index in [-0.39, 0.29) is 5.56 Å². The molecule has 0 amide bonds. The molecule has 2 heterocycles. The quantitative estimate of drug-likeness (QED) is 0.852. The van der Waals surface area contributed by atoms with Gasteiger partial charge in [-0.3, -0.25) is 9.89 Å². The average molecular weight is 265 g/mol. The summed E-state index contributed by atoms with van der Waals surface area (Å²) in [6.45, 7) is 4.62. The first kappa shape index (κ1) is 12.7. The highest BCUT2D eigenvalue weighted by Crippen LogP contribution is 2.13. The number of nitrogens with zero attached hydrogens (tertiary/aromatic N) is 4. The van der Waals surface area contributed by atoms with Crippen LogP contribution in [0.5, 0.6) is 0 Å². The topological polar surface area (TPSA) is 68.5 Å². The summed E-state index contributed by atoms with van der Waals surface area (Å²) >= 11 is 5.17. The van der Waals surface area contributed by atoms with Crippen molar-refractivity contribution < 1.29 is 0 Å². The standard InChI is InChI=1S/C11H15N5OS/c1-4-5-16-9(12-13-11(16)18)8-6-7(2)14-15(3)10(8)17/h6H,4-5H2,1-3H3,(H,13,18). The molecule has 1 N–H and O–H groups in total. The van der Waals surface area contributed by atoms with Gasteiger partial charge in [0.05, 0.1) is 11.3 Å². The molecular weight excluding hydrogens is 250 g/mol. The summed E-state index contributed by atoms with van der Waals surface area (Å²) < 4.78 is 3.69. The summed E-state index contributed by atoms with van der Waals surface area (Å²) in [5.74, 6) is 0.577. The molecule has 0 aliphatic carbocycles. The smallest absolute Gasteiger partial charge is 0.277 e. The molecule has 0 saturated carbocycles. The lowest BCUT2D eigenvalue weighted by molar-refractivity contribution is 0.665. The molecule has 0 aliphatic heterocycles. The van der Waals surface area contributed by atoms with E-state index in [1.165, 1.54) is 4.68 Å². The normalized spacial score (nSPS) is 10.8. The third-order valence-electron chi connectivity index (χ3n) is 2.63. The van der Waals surface area contributed by atoms with Crippen molar-refractivity contribution in [3.05, 3.63) is 26.9 Å². The van der Waals surface area contributed by atoms with Crippen molar-refractivity contribution in [3.8, 4) is 11.4 Å². The van der Waals surface area contributed by atoms with Gasteiger partial charge in [0.15, 0.2) is 10.6 Å². The number of hydrogen-bond acceptors (Lipinski definition) is 4. The van der Waals surface area contributed by atoms with E-state index in [1.807, 2.05) is 11.5 Å². The van der Waals surface area contributed by atoms with Gasteiger partial charge in [0.1, 0.15) is 0 Å². The van der Waals surface area contributed by atoms with Gasteiger partial charge in [-0.1, -0.05) is 6.92 Å². The average Bonchev–Trinajstić information content (AvgIpc) is 2.67. The fourth-order valence-electron chi connectivity index (χ4n) is 1.87. The highest BCUT2D eigenvalue weighted by molar-refractivity contribution is 7.71. The van der Waals surface area contributed by atoms with Crippen LogP contribution in [-0.2, 0) is 13.6 Å². The fourth-order valence-corrected chi connectivity index (χ4v) is 2.09. The van der Waals surface area contributed by atoms with Crippen LogP contribution in [0, 0.1) is 11.7 Å². The van der Waals surface area contributed by atoms with Crippen LogP contribution in [0.15, 0.2) is 10.9 Å². The maximum absolute atomic E-state index is 12.1. The number of nitrogens with one attached hydrogen (secondary N) is 1. The Morgan fingerprint density at radius 2 is 2.22 bits per heavy atom. The largest absolute Gasteiger partial charge is 0.300 e. The summed E-state index contributed by atoms with van der Waals surface area (Å²) in [5, 5.41) is 11.0. The van der Waals surface area contributed by atoms with Gasteiger partial charge in [0.2, 0.25) is 0 Å². The van der Waals surface area contributed by atoms with Crippen molar-refractivity contribution in [1.82, 2.24) is 24.5 Å². The number of hydrogen-bond donors (Lipinski definition) is 1. The van der Waals surface area contributed by atoms with Crippen molar-refractivity contribution in [2.75, 3.05) is 0 Å². The zero-order chi connectivity index (χ0) is 13.3. The van der Waals surface area contributed by atoms with E-state index in [4.69, 9.17) is 12.2 Å². The molecule has 0 atom stereocenters. The Balaban J connectivity index is 2.70. The van der Waals surface area contributed by atoms with Crippen molar-refractivity contribution in [1.29, 1.82) is 0 Å². The van der Waals surface area contributed by atoms with Gasteiger partial charge in [0, 0.05) is 13.6 Å². The second-order valence-electron chi connectivity index (χ2n) is 4.13. The Labute approximate surface area is 109 Å². The van der Waals surface area contributed by atoms with E-state index in [1.54, 1.807) is 13.1 Å². The van der Waals surface area contributed by atoms with Gasteiger partial charge < -0.3 is 4.57 Å². The first-order valence-corrected chi connectivity index (χ1v) is 6.16. The van der Waals surface area contributed by atoms with Gasteiger partial charge in [-0.25, -0.2) is 4.68 Å². The Bertz CT molecular complexity index is 681. The highest BCUT2D eigenvalue weighted by Gasteiger charge is 2.13. The fraction of sp³-hybridized carbons (Fsp3) is 0.455. The number of aryl methyl sites for hydroxylation is 2. The molecule has 18 heavy (non-hydrogen) atoms. The zero-order valence-corrected chi connectivity index (χ0v) is 11.4. The van der Waals surface area contributed by atoms with Crippen LogP contribution >= 0.6 is 12.2 Å². The first-order valence-electron chi connectivity index (χ1n) is 5.75. The van der Waals surface area contributed by atoms with Crippen LogP contribution in [0.4, 0.5) is 0 Å². The Morgan fingerprint density at radius 1 is 1.50 bits per heavy atom. The summed E-state index contributed by atoms with van der Waals surface area (Å²) in [6, 6.07) is 1.74. The maximum atomic E-state index is 12.1. The van der Waals surface area contributed by atoms with Crippen LogP contribution in [-0.4, -0.2) is 24.5 Å². The third kappa shape index (κ3) is 2.13. The molecule has 2 rings (SSSR count). The third-order valence-corrected chi connectivity index (χ3v) is 2.94. The minimum absolute atomic E-state index is 0.174. The molecule has 0 unspecified atom stereocenters. The summed E-state index contributed by atoms with van der Waals surface area (Å²) in [4.78, 5) is 12.1. The van der Waals surface area contributed by atoms with Gasteiger partial charge in [-0.2, -0.15) is 10.2 Å². The van der Waals surface area contributed by atoms with Crippen LogP contribution < -0.4 is 5.56 Å². The zero-order valence-electron chi connectivity index (χ0n) is 10.6. The van der Waals surface area contributed by atoms with Crippen LogP contribution in [0.25, 0.3) is 11.4 Å². The predicted octanol–water partition coefficient (Wildman–Crippen LogP) is 1.42. The molecule has 0 aliphatic rings. The molecular formula is C11H15N5OS. The first-order chi connectivity index (χ1) is 8.54. The molecule has 6 nitrogen and oxygen atoms in total. The Kier molecular flexibility index (Phi) is 3.42. The van der Waals surface area contributed by atoms with Crippen molar-refractivity contribution in [2.45, 2.75) is 26.8 Å². The van der Waals surface area contributed by atoms with Crippen LogP contribution in [0.1, 0.15) is 19.0 Å². The predicted molar refractivity (Wildman–Crippen MR) is 70.9 cm³/mol. The molecule has 0 aromatic carbocycles. The van der Waals surface area contributed by atoms with E-state index in [0.29, 0.717) is 16.2 Å². The summed E-state index contributed by atoms with van der Waals surface area (Å²) in [6.07, 6.45) is 0.922. The molecule has 0 saturated heterocycles. The summed E-state index contributed by atoms with van der Waals surface area (Å²) in [7, 11) is 1.63. The van der Waals surface area contributed by atoms with E-state index >= 15 is 0 Å². The molecule has 96 valence electrons. The second kappa shape index (κ2) is 4.85. The number of aromatic amines is 1. The number of rotatable bonds is 3. The lowest BCUT2D eigenvalue weighted by atomic mass is 10.2. The van der Waals surface area contributed by atoms with E-state index in [9.17, 15) is 4.79 Å². The van der Waals surface area contributed by atoms with Crippen molar-refractivity contribution in [3.63, 3.8) is 0 Å². The Hall–Kier alpha value is -1.76. The van der Waals surface area contributed by atoms with Gasteiger partial charge >= 0.3 is 0 Å². The van der Waals surface area contributed by atoms with Crippen LogP contribution in [0.3, 0.4) is 0 Å². The van der Waals surface area contributed by atoms with Gasteiger partial charge in [-0.15, -0.1) is 0 Å². The Morgan fingerprint density at radius 3 is 2.89 bits per heavy atom. The lowest BCUT2D eigenvalue weighted by Crippen LogP contribution is -2.23. The van der Waals surface area contributed by atoms with E-state index in [2.05, 4.69) is 22.2 Å². The van der Waals surface area contributed by atoms with Crippen LogP contribution in [0.2, 0.25) is 0 Å². The van der Waals surface area contributed by atoms with Gasteiger partial charge in [-0.05, 0) is 31.6 Å². The van der Waals surface area contributed by atoms with E-state index < -0.39 is 0 Å². The summed E-state index contributed by atoms with van der Waals surface area (Å²) in [5.41, 5.74) is 1.11. The van der Waals surface area contributed by atoms with Gasteiger partial charge in [0.25, 0.3) is 5.56 Å². The van der Waals surface area contributed by atoms with Crippen molar-refractivity contribution >= 4 is 12.2 Å². The molecule has 7 heteroatoms. The molecule has 0 bridgehead atoms.